The normalized spacial score (nSPS) is 20.0. The monoisotopic (exact) mass is 366 g/mol. The zero-order chi connectivity index (χ0) is 17.1. The third-order valence-electron chi connectivity index (χ3n) is 4.20. The SMILES string of the molecule is O=C(C[NH+]1CCC[C@H]1c1cccs1)Nc1ccc([N+](=O)[O-])cc1Cl. The molecule has 2 atom stereocenters. The fourth-order valence-electron chi connectivity index (χ4n) is 3.08. The average Bonchev–Trinajstić information content (AvgIpc) is 3.19. The Morgan fingerprint density at radius 3 is 2.96 bits per heavy atom. The number of thiophene rings is 1. The van der Waals surface area contributed by atoms with Gasteiger partial charge < -0.3 is 10.2 Å². The number of hydrogen-bond acceptors (Lipinski definition) is 4. The van der Waals surface area contributed by atoms with E-state index in [2.05, 4.69) is 16.8 Å². The van der Waals surface area contributed by atoms with Gasteiger partial charge in [0.15, 0.2) is 6.54 Å². The van der Waals surface area contributed by atoms with Crippen molar-refractivity contribution in [2.45, 2.75) is 18.9 Å². The molecule has 24 heavy (non-hydrogen) atoms. The summed E-state index contributed by atoms with van der Waals surface area (Å²) in [7, 11) is 0. The first-order chi connectivity index (χ1) is 11.5. The number of nitrogens with zero attached hydrogens (tertiary/aromatic N) is 1. The Balaban J connectivity index is 1.64. The van der Waals surface area contributed by atoms with Gasteiger partial charge in [-0.15, -0.1) is 11.3 Å². The van der Waals surface area contributed by atoms with E-state index in [0.717, 1.165) is 19.4 Å². The van der Waals surface area contributed by atoms with Gasteiger partial charge in [-0.05, 0) is 17.5 Å². The first-order valence-corrected chi connectivity index (χ1v) is 8.92. The number of quaternary nitrogens is 1. The number of non-ortho nitro benzene ring substituents is 1. The minimum Gasteiger partial charge on any atom is -0.320 e. The van der Waals surface area contributed by atoms with E-state index < -0.39 is 4.92 Å². The molecule has 1 amide bonds. The lowest BCUT2D eigenvalue weighted by atomic mass is 10.2. The van der Waals surface area contributed by atoms with Crippen LogP contribution in [0, 0.1) is 10.1 Å². The quantitative estimate of drug-likeness (QED) is 0.631. The van der Waals surface area contributed by atoms with Crippen LogP contribution in [-0.4, -0.2) is 23.9 Å². The van der Waals surface area contributed by atoms with Gasteiger partial charge in [0, 0.05) is 25.0 Å². The van der Waals surface area contributed by atoms with Crippen molar-refractivity contribution in [3.63, 3.8) is 0 Å². The zero-order valence-electron chi connectivity index (χ0n) is 12.8. The fraction of sp³-hybridized carbons (Fsp3) is 0.312. The number of amides is 1. The van der Waals surface area contributed by atoms with Gasteiger partial charge in [-0.2, -0.15) is 0 Å². The molecule has 0 spiro atoms. The van der Waals surface area contributed by atoms with E-state index in [-0.39, 0.29) is 16.6 Å². The number of halogens is 1. The van der Waals surface area contributed by atoms with E-state index in [9.17, 15) is 14.9 Å². The van der Waals surface area contributed by atoms with Crippen LogP contribution in [0.2, 0.25) is 5.02 Å². The average molecular weight is 367 g/mol. The molecule has 126 valence electrons. The van der Waals surface area contributed by atoms with Crippen LogP contribution < -0.4 is 10.2 Å². The molecule has 3 rings (SSSR count). The van der Waals surface area contributed by atoms with Crippen LogP contribution in [0.4, 0.5) is 11.4 Å². The Morgan fingerprint density at radius 1 is 1.46 bits per heavy atom. The van der Waals surface area contributed by atoms with Gasteiger partial charge in [0.25, 0.3) is 11.6 Å². The second-order valence-corrected chi connectivity index (χ2v) is 7.15. The number of benzene rings is 1. The summed E-state index contributed by atoms with van der Waals surface area (Å²) in [5, 5.41) is 15.7. The van der Waals surface area contributed by atoms with Crippen LogP contribution in [-0.2, 0) is 4.79 Å². The highest BCUT2D eigenvalue weighted by Crippen LogP contribution is 2.27. The molecule has 1 unspecified atom stereocenters. The fourth-order valence-corrected chi connectivity index (χ4v) is 4.22. The first-order valence-electron chi connectivity index (χ1n) is 7.66. The van der Waals surface area contributed by atoms with Crippen molar-refractivity contribution in [2.75, 3.05) is 18.4 Å². The van der Waals surface area contributed by atoms with Crippen LogP contribution in [0.5, 0.6) is 0 Å². The lowest BCUT2D eigenvalue weighted by Gasteiger charge is -2.20. The van der Waals surface area contributed by atoms with Gasteiger partial charge in [0.2, 0.25) is 0 Å². The number of nitro benzene ring substituents is 1. The molecule has 1 fully saturated rings. The Labute approximate surface area is 148 Å². The lowest BCUT2D eigenvalue weighted by Crippen LogP contribution is -3.11. The maximum absolute atomic E-state index is 12.3. The molecule has 2 aromatic rings. The summed E-state index contributed by atoms with van der Waals surface area (Å²) < 4.78 is 0. The summed E-state index contributed by atoms with van der Waals surface area (Å²) in [4.78, 5) is 25.1. The molecule has 8 heteroatoms. The molecule has 1 aromatic heterocycles. The number of rotatable bonds is 5. The van der Waals surface area contributed by atoms with Crippen molar-refractivity contribution in [1.29, 1.82) is 0 Å². The topological polar surface area (TPSA) is 76.7 Å². The number of carbonyl (C=O) groups is 1. The van der Waals surface area contributed by atoms with Gasteiger partial charge in [0.1, 0.15) is 6.04 Å². The van der Waals surface area contributed by atoms with E-state index in [4.69, 9.17) is 11.6 Å². The summed E-state index contributed by atoms with van der Waals surface area (Å²) in [6, 6.07) is 8.56. The summed E-state index contributed by atoms with van der Waals surface area (Å²) >= 11 is 7.74. The maximum Gasteiger partial charge on any atom is 0.279 e. The number of anilines is 1. The molecular weight excluding hydrogens is 350 g/mol. The minimum atomic E-state index is -0.516. The molecule has 6 nitrogen and oxygen atoms in total. The number of likely N-dealkylation sites (tertiary alicyclic amines) is 1. The third-order valence-corrected chi connectivity index (χ3v) is 5.49. The third kappa shape index (κ3) is 3.75. The largest absolute Gasteiger partial charge is 0.320 e. The molecule has 0 bridgehead atoms. The highest BCUT2D eigenvalue weighted by molar-refractivity contribution is 7.10. The highest BCUT2D eigenvalue weighted by atomic mass is 35.5. The van der Waals surface area contributed by atoms with E-state index in [1.54, 1.807) is 11.3 Å². The second kappa shape index (κ2) is 7.29. The number of nitrogens with one attached hydrogen (secondary N) is 2. The van der Waals surface area contributed by atoms with Gasteiger partial charge in [-0.1, -0.05) is 17.7 Å². The van der Waals surface area contributed by atoms with Crippen LogP contribution in [0.15, 0.2) is 35.7 Å². The zero-order valence-corrected chi connectivity index (χ0v) is 14.4. The predicted molar refractivity (Wildman–Crippen MR) is 93.7 cm³/mol. The minimum absolute atomic E-state index is 0.0964. The Bertz CT molecular complexity index is 751. The Morgan fingerprint density at radius 2 is 2.29 bits per heavy atom. The maximum atomic E-state index is 12.3. The second-order valence-electron chi connectivity index (χ2n) is 5.76. The molecule has 0 radical (unpaired) electrons. The van der Waals surface area contributed by atoms with Crippen molar-refractivity contribution in [1.82, 2.24) is 0 Å². The molecule has 0 saturated carbocycles. The molecule has 2 heterocycles. The van der Waals surface area contributed by atoms with E-state index in [1.165, 1.54) is 28.0 Å². The van der Waals surface area contributed by atoms with Crippen molar-refractivity contribution in [2.24, 2.45) is 0 Å². The Hall–Kier alpha value is -1.96. The summed E-state index contributed by atoms with van der Waals surface area (Å²) in [6.07, 6.45) is 2.19. The first kappa shape index (κ1) is 16.9. The number of carbonyl (C=O) groups excluding carboxylic acids is 1. The van der Waals surface area contributed by atoms with Crippen LogP contribution in [0.1, 0.15) is 23.8 Å². The highest BCUT2D eigenvalue weighted by Gasteiger charge is 2.32. The van der Waals surface area contributed by atoms with Gasteiger partial charge in [0.05, 0.1) is 27.1 Å². The molecule has 1 saturated heterocycles. The number of nitro groups is 1. The molecule has 0 aliphatic carbocycles. The summed E-state index contributed by atoms with van der Waals surface area (Å²) in [5.41, 5.74) is 0.305. The van der Waals surface area contributed by atoms with Crippen molar-refractivity contribution < 1.29 is 14.6 Å². The molecule has 1 aromatic carbocycles. The van der Waals surface area contributed by atoms with Gasteiger partial charge in [-0.3, -0.25) is 14.9 Å². The lowest BCUT2D eigenvalue weighted by molar-refractivity contribution is -0.910. The van der Waals surface area contributed by atoms with Crippen molar-refractivity contribution in [3.05, 3.63) is 55.7 Å². The number of hydrogen-bond donors (Lipinski definition) is 2. The van der Waals surface area contributed by atoms with Crippen LogP contribution in [0.3, 0.4) is 0 Å². The van der Waals surface area contributed by atoms with Crippen LogP contribution in [0.25, 0.3) is 0 Å². The van der Waals surface area contributed by atoms with E-state index >= 15 is 0 Å². The summed E-state index contributed by atoms with van der Waals surface area (Å²) in [6.45, 7) is 1.32. The van der Waals surface area contributed by atoms with Crippen LogP contribution >= 0.6 is 22.9 Å². The smallest absolute Gasteiger partial charge is 0.279 e. The standard InChI is InChI=1S/C16H16ClN3O3S/c17-12-9-11(20(22)23)5-6-13(12)18-16(21)10-19-7-1-3-14(19)15-4-2-8-24-15/h2,4-6,8-9,14H,1,3,7,10H2,(H,18,21)/p+1/t14-/m0/s1. The molecule has 1 aliphatic heterocycles. The van der Waals surface area contributed by atoms with Gasteiger partial charge in [-0.25, -0.2) is 0 Å². The van der Waals surface area contributed by atoms with Crippen molar-refractivity contribution >= 4 is 40.2 Å². The molecule has 1 aliphatic rings. The molecular formula is C16H17ClN3O3S+. The van der Waals surface area contributed by atoms with E-state index in [0.29, 0.717) is 18.3 Å². The summed E-state index contributed by atoms with van der Waals surface area (Å²) in [5.74, 6) is -0.135. The van der Waals surface area contributed by atoms with E-state index in [1.807, 2.05) is 6.07 Å². The Kier molecular flexibility index (Phi) is 5.13. The molecule has 2 N–H and O–H groups in total. The predicted octanol–water partition coefficient (Wildman–Crippen LogP) is 2.67. The van der Waals surface area contributed by atoms with Gasteiger partial charge >= 0.3 is 0 Å². The van der Waals surface area contributed by atoms with Crippen molar-refractivity contribution in [3.8, 4) is 0 Å².